The molecule has 26 heavy (non-hydrogen) atoms. The molecule has 1 N–H and O–H groups in total. The van der Waals surface area contributed by atoms with Gasteiger partial charge >= 0.3 is 6.18 Å². The van der Waals surface area contributed by atoms with Crippen molar-refractivity contribution in [2.45, 2.75) is 25.6 Å². The van der Waals surface area contributed by atoms with Gasteiger partial charge in [-0.25, -0.2) is 4.98 Å². The van der Waals surface area contributed by atoms with Crippen LogP contribution >= 0.6 is 0 Å². The largest absolute Gasteiger partial charge is 0.493 e. The van der Waals surface area contributed by atoms with Crippen LogP contribution < -0.4 is 14.8 Å². The number of methoxy groups -OCH3 is 1. The molecule has 0 aliphatic heterocycles. The molecule has 142 valence electrons. The summed E-state index contributed by atoms with van der Waals surface area (Å²) in [5.74, 6) is 0.795. The number of hydrogen-bond acceptors (Lipinski definition) is 4. The van der Waals surface area contributed by atoms with E-state index in [1.54, 1.807) is 24.5 Å². The molecule has 0 fully saturated rings. The Hall–Kier alpha value is -2.71. The average Bonchev–Trinajstić information content (AvgIpc) is 3.00. The number of hydrogen-bond donors (Lipinski definition) is 1. The van der Waals surface area contributed by atoms with Crippen LogP contribution in [-0.4, -0.2) is 35.4 Å². The number of aromatic nitrogens is 2. The predicted molar refractivity (Wildman–Crippen MR) is 87.9 cm³/mol. The lowest BCUT2D eigenvalue weighted by molar-refractivity contribution is -0.153. The van der Waals surface area contributed by atoms with E-state index in [1.807, 2.05) is 11.6 Å². The molecular formula is C17H20F3N3O3. The van der Waals surface area contributed by atoms with E-state index in [0.717, 1.165) is 11.4 Å². The van der Waals surface area contributed by atoms with E-state index in [9.17, 15) is 18.0 Å². The summed E-state index contributed by atoms with van der Waals surface area (Å²) < 4.78 is 48.3. The first-order valence-electron chi connectivity index (χ1n) is 7.88. The summed E-state index contributed by atoms with van der Waals surface area (Å²) in [6.45, 7) is -1.06. The van der Waals surface area contributed by atoms with Gasteiger partial charge in [-0.1, -0.05) is 6.07 Å². The third-order valence-electron chi connectivity index (χ3n) is 3.62. The SMILES string of the molecule is COc1cc(CCC(=O)NCc2nccn2C)ccc1OCC(F)(F)F. The van der Waals surface area contributed by atoms with Crippen molar-refractivity contribution in [2.24, 2.45) is 7.05 Å². The first-order chi connectivity index (χ1) is 12.3. The van der Waals surface area contributed by atoms with Crippen LogP contribution in [0.4, 0.5) is 13.2 Å². The fourth-order valence-corrected chi connectivity index (χ4v) is 2.24. The van der Waals surface area contributed by atoms with Crippen LogP contribution in [0.5, 0.6) is 11.5 Å². The van der Waals surface area contributed by atoms with Gasteiger partial charge in [0.2, 0.25) is 5.91 Å². The van der Waals surface area contributed by atoms with Crippen LogP contribution in [0.1, 0.15) is 17.8 Å². The van der Waals surface area contributed by atoms with Crippen molar-refractivity contribution in [3.05, 3.63) is 42.0 Å². The predicted octanol–water partition coefficient (Wildman–Crippen LogP) is 2.62. The van der Waals surface area contributed by atoms with Gasteiger partial charge in [0.15, 0.2) is 18.1 Å². The Kier molecular flexibility index (Phi) is 6.48. The van der Waals surface area contributed by atoms with Gasteiger partial charge in [0.05, 0.1) is 13.7 Å². The summed E-state index contributed by atoms with van der Waals surface area (Å²) in [6, 6.07) is 4.59. The number of imidazole rings is 1. The second kappa shape index (κ2) is 8.59. The molecule has 1 aromatic heterocycles. The minimum absolute atomic E-state index is 0.00723. The molecule has 0 saturated carbocycles. The van der Waals surface area contributed by atoms with Crippen molar-refractivity contribution < 1.29 is 27.4 Å². The standard InChI is InChI=1S/C17H20F3N3O3/c1-23-8-7-21-15(23)10-22-16(24)6-4-12-3-5-13(14(9-12)25-2)26-11-17(18,19)20/h3,5,7-9H,4,6,10-11H2,1-2H3,(H,22,24). The molecule has 0 atom stereocenters. The molecule has 9 heteroatoms. The van der Waals surface area contributed by atoms with E-state index in [1.165, 1.54) is 13.2 Å². The lowest BCUT2D eigenvalue weighted by atomic mass is 10.1. The van der Waals surface area contributed by atoms with Gasteiger partial charge in [-0.3, -0.25) is 4.79 Å². The number of nitrogens with one attached hydrogen (secondary N) is 1. The molecule has 0 bridgehead atoms. The number of alkyl halides is 3. The van der Waals surface area contributed by atoms with Gasteiger partial charge < -0.3 is 19.4 Å². The van der Waals surface area contributed by atoms with Crippen LogP contribution in [0.25, 0.3) is 0 Å². The van der Waals surface area contributed by atoms with Crippen LogP contribution in [0, 0.1) is 0 Å². The van der Waals surface area contributed by atoms with Crippen LogP contribution in [0.2, 0.25) is 0 Å². The molecule has 1 amide bonds. The second-order valence-electron chi connectivity index (χ2n) is 5.62. The molecule has 0 aliphatic rings. The minimum atomic E-state index is -4.42. The van der Waals surface area contributed by atoms with E-state index in [4.69, 9.17) is 9.47 Å². The van der Waals surface area contributed by atoms with Gasteiger partial charge in [-0.15, -0.1) is 0 Å². The lowest BCUT2D eigenvalue weighted by Gasteiger charge is -2.13. The summed E-state index contributed by atoms with van der Waals surface area (Å²) >= 11 is 0. The van der Waals surface area contributed by atoms with Crippen molar-refractivity contribution in [1.29, 1.82) is 0 Å². The van der Waals surface area contributed by atoms with Gasteiger partial charge in [-0.05, 0) is 24.1 Å². The number of benzene rings is 1. The van der Waals surface area contributed by atoms with Crippen LogP contribution in [0.3, 0.4) is 0 Å². The fourth-order valence-electron chi connectivity index (χ4n) is 2.24. The highest BCUT2D eigenvalue weighted by molar-refractivity contribution is 5.76. The smallest absolute Gasteiger partial charge is 0.422 e. The maximum Gasteiger partial charge on any atom is 0.422 e. The van der Waals surface area contributed by atoms with Gasteiger partial charge in [-0.2, -0.15) is 13.2 Å². The summed E-state index contributed by atoms with van der Waals surface area (Å²) in [7, 11) is 3.18. The first kappa shape index (κ1) is 19.6. The Balaban J connectivity index is 1.86. The van der Waals surface area contributed by atoms with Crippen molar-refractivity contribution in [1.82, 2.24) is 14.9 Å². The highest BCUT2D eigenvalue weighted by Gasteiger charge is 2.29. The molecule has 0 spiro atoms. The summed E-state index contributed by atoms with van der Waals surface area (Å²) in [5.41, 5.74) is 0.758. The van der Waals surface area contributed by atoms with Gasteiger partial charge in [0.1, 0.15) is 5.82 Å². The molecule has 0 aliphatic carbocycles. The maximum absolute atomic E-state index is 12.2. The van der Waals surface area contributed by atoms with Crippen LogP contribution in [-0.2, 0) is 24.8 Å². The quantitative estimate of drug-likeness (QED) is 0.775. The van der Waals surface area contributed by atoms with Gasteiger partial charge in [0.25, 0.3) is 0 Å². The molecule has 1 heterocycles. The normalized spacial score (nSPS) is 11.3. The number of aryl methyl sites for hydroxylation is 2. The Morgan fingerprint density at radius 2 is 2.08 bits per heavy atom. The van der Waals surface area contributed by atoms with E-state index >= 15 is 0 Å². The Morgan fingerprint density at radius 1 is 1.31 bits per heavy atom. The molecule has 2 rings (SSSR count). The third-order valence-corrected chi connectivity index (χ3v) is 3.62. The van der Waals surface area contributed by atoms with E-state index in [2.05, 4.69) is 10.3 Å². The number of amides is 1. The van der Waals surface area contributed by atoms with E-state index in [0.29, 0.717) is 13.0 Å². The molecule has 1 aromatic carbocycles. The van der Waals surface area contributed by atoms with Gasteiger partial charge in [0, 0.05) is 25.9 Å². The lowest BCUT2D eigenvalue weighted by Crippen LogP contribution is -2.24. The maximum atomic E-state index is 12.2. The molecular weight excluding hydrogens is 351 g/mol. The number of nitrogens with zero attached hydrogens (tertiary/aromatic N) is 2. The first-order valence-corrected chi connectivity index (χ1v) is 7.88. The highest BCUT2D eigenvalue weighted by atomic mass is 19.4. The number of ether oxygens (including phenoxy) is 2. The van der Waals surface area contributed by atoms with Crippen molar-refractivity contribution in [2.75, 3.05) is 13.7 Å². The molecule has 6 nitrogen and oxygen atoms in total. The zero-order valence-corrected chi connectivity index (χ0v) is 14.5. The van der Waals surface area contributed by atoms with E-state index < -0.39 is 12.8 Å². The topological polar surface area (TPSA) is 65.4 Å². The van der Waals surface area contributed by atoms with Crippen molar-refractivity contribution >= 4 is 5.91 Å². The fraction of sp³-hybridized carbons (Fsp3) is 0.412. The van der Waals surface area contributed by atoms with E-state index in [-0.39, 0.29) is 23.8 Å². The Morgan fingerprint density at radius 3 is 2.69 bits per heavy atom. The summed E-state index contributed by atoms with van der Waals surface area (Å²) in [5, 5.41) is 2.77. The van der Waals surface area contributed by atoms with Crippen LogP contribution in [0.15, 0.2) is 30.6 Å². The Bertz CT molecular complexity index is 744. The molecule has 0 radical (unpaired) electrons. The van der Waals surface area contributed by atoms with Crippen molar-refractivity contribution in [3.8, 4) is 11.5 Å². The number of halogens is 3. The highest BCUT2D eigenvalue weighted by Crippen LogP contribution is 2.30. The molecule has 0 unspecified atom stereocenters. The number of rotatable bonds is 8. The molecule has 2 aromatic rings. The monoisotopic (exact) mass is 371 g/mol. The number of carbonyl (C=O) groups excluding carboxylic acids is 1. The zero-order valence-electron chi connectivity index (χ0n) is 14.5. The zero-order chi connectivity index (χ0) is 19.2. The Labute approximate surface area is 148 Å². The third kappa shape index (κ3) is 5.98. The second-order valence-corrected chi connectivity index (χ2v) is 5.62. The minimum Gasteiger partial charge on any atom is -0.493 e. The summed E-state index contributed by atoms with van der Waals surface area (Å²) in [6.07, 6.45) is -0.333. The number of carbonyl (C=O) groups is 1. The summed E-state index contributed by atoms with van der Waals surface area (Å²) in [4.78, 5) is 16.0. The molecule has 0 saturated heterocycles. The average molecular weight is 371 g/mol. The van der Waals surface area contributed by atoms with Crippen molar-refractivity contribution in [3.63, 3.8) is 0 Å².